The molecule has 3 N–H and O–H groups in total. The number of benzene rings is 1. The molecular formula is C15H25N3O2. The third-order valence-corrected chi connectivity index (χ3v) is 3.12. The van der Waals surface area contributed by atoms with Gasteiger partial charge in [0.15, 0.2) is 0 Å². The summed E-state index contributed by atoms with van der Waals surface area (Å²) < 4.78 is 5.00. The zero-order chi connectivity index (χ0) is 14.8. The van der Waals surface area contributed by atoms with Gasteiger partial charge in [0.2, 0.25) is 5.91 Å². The molecule has 5 nitrogen and oxygen atoms in total. The van der Waals surface area contributed by atoms with Crippen LogP contribution in [0.15, 0.2) is 30.3 Å². The molecule has 1 atom stereocenters. The first-order valence-electron chi connectivity index (χ1n) is 6.91. The highest BCUT2D eigenvalue weighted by Crippen LogP contribution is 2.08. The van der Waals surface area contributed by atoms with Gasteiger partial charge in [-0.05, 0) is 19.0 Å². The Balaban J connectivity index is 2.23. The number of hydrogen-bond donors (Lipinski definition) is 2. The van der Waals surface area contributed by atoms with Crippen LogP contribution in [0.4, 0.5) is 0 Å². The predicted molar refractivity (Wildman–Crippen MR) is 80.4 cm³/mol. The molecular weight excluding hydrogens is 254 g/mol. The molecule has 112 valence electrons. The summed E-state index contributed by atoms with van der Waals surface area (Å²) in [7, 11) is 3.73. The van der Waals surface area contributed by atoms with Gasteiger partial charge in [0.05, 0.1) is 0 Å². The molecule has 0 aliphatic heterocycles. The minimum absolute atomic E-state index is 0.138. The van der Waals surface area contributed by atoms with Gasteiger partial charge in [-0.15, -0.1) is 0 Å². The van der Waals surface area contributed by atoms with Gasteiger partial charge >= 0.3 is 0 Å². The summed E-state index contributed by atoms with van der Waals surface area (Å²) in [5, 5.41) is 2.87. The maximum atomic E-state index is 11.9. The largest absolute Gasteiger partial charge is 0.385 e. The second-order valence-corrected chi connectivity index (χ2v) is 4.83. The number of nitrogens with zero attached hydrogens (tertiary/aromatic N) is 1. The number of carbonyl (C=O) groups excluding carboxylic acids is 1. The fraction of sp³-hybridized carbons (Fsp3) is 0.533. The predicted octanol–water partition coefficient (Wildman–Crippen LogP) is 0.771. The third-order valence-electron chi connectivity index (χ3n) is 3.12. The molecule has 0 saturated carbocycles. The molecule has 1 rings (SSSR count). The first-order chi connectivity index (χ1) is 9.65. The van der Waals surface area contributed by atoms with Crippen molar-refractivity contribution in [3.63, 3.8) is 0 Å². The van der Waals surface area contributed by atoms with E-state index in [0.29, 0.717) is 6.54 Å². The van der Waals surface area contributed by atoms with Crippen molar-refractivity contribution in [3.05, 3.63) is 35.9 Å². The number of methoxy groups -OCH3 is 1. The van der Waals surface area contributed by atoms with Crippen molar-refractivity contribution in [2.75, 3.05) is 40.4 Å². The van der Waals surface area contributed by atoms with Crippen molar-refractivity contribution in [2.45, 2.75) is 12.5 Å². The zero-order valence-corrected chi connectivity index (χ0v) is 12.3. The summed E-state index contributed by atoms with van der Waals surface area (Å²) >= 11 is 0. The van der Waals surface area contributed by atoms with E-state index in [2.05, 4.69) is 10.2 Å². The maximum absolute atomic E-state index is 11.9. The van der Waals surface area contributed by atoms with Crippen molar-refractivity contribution in [1.82, 2.24) is 10.2 Å². The second-order valence-electron chi connectivity index (χ2n) is 4.83. The number of hydrogen-bond acceptors (Lipinski definition) is 4. The van der Waals surface area contributed by atoms with E-state index >= 15 is 0 Å². The molecule has 1 aromatic carbocycles. The average Bonchev–Trinajstić information content (AvgIpc) is 2.47. The van der Waals surface area contributed by atoms with Crippen LogP contribution in [-0.4, -0.2) is 51.2 Å². The van der Waals surface area contributed by atoms with E-state index in [1.165, 1.54) is 0 Å². The summed E-state index contributed by atoms with van der Waals surface area (Å²) in [5.41, 5.74) is 6.74. The summed E-state index contributed by atoms with van der Waals surface area (Å²) in [6.07, 6.45) is 0.991. The Bertz CT molecular complexity index is 384. The van der Waals surface area contributed by atoms with Gasteiger partial charge in [-0.3, -0.25) is 4.79 Å². The quantitative estimate of drug-likeness (QED) is 0.655. The lowest BCUT2D eigenvalue weighted by Crippen LogP contribution is -2.38. The highest BCUT2D eigenvalue weighted by Gasteiger charge is 2.14. The minimum atomic E-state index is -0.602. The van der Waals surface area contributed by atoms with E-state index in [1.807, 2.05) is 37.4 Å². The van der Waals surface area contributed by atoms with Crippen LogP contribution in [-0.2, 0) is 9.53 Å². The number of ether oxygens (including phenoxy) is 1. The van der Waals surface area contributed by atoms with E-state index < -0.39 is 6.04 Å². The molecule has 0 aliphatic rings. The highest BCUT2D eigenvalue weighted by atomic mass is 16.5. The van der Waals surface area contributed by atoms with Crippen LogP contribution in [0, 0.1) is 0 Å². The number of likely N-dealkylation sites (N-methyl/N-ethyl adjacent to an activating group) is 1. The fourth-order valence-electron chi connectivity index (χ4n) is 1.88. The van der Waals surface area contributed by atoms with Gasteiger partial charge in [0.1, 0.15) is 6.04 Å². The lowest BCUT2D eigenvalue weighted by atomic mass is 10.1. The van der Waals surface area contributed by atoms with E-state index in [-0.39, 0.29) is 5.91 Å². The van der Waals surface area contributed by atoms with Crippen molar-refractivity contribution >= 4 is 5.91 Å². The van der Waals surface area contributed by atoms with E-state index in [0.717, 1.165) is 31.7 Å². The Morgan fingerprint density at radius 1 is 1.35 bits per heavy atom. The lowest BCUT2D eigenvalue weighted by molar-refractivity contribution is -0.122. The van der Waals surface area contributed by atoms with Crippen LogP contribution >= 0.6 is 0 Å². The number of nitrogens with two attached hydrogens (primary N) is 1. The normalized spacial score (nSPS) is 12.4. The number of amides is 1. The van der Waals surface area contributed by atoms with Crippen molar-refractivity contribution in [2.24, 2.45) is 5.73 Å². The van der Waals surface area contributed by atoms with Crippen LogP contribution in [0.5, 0.6) is 0 Å². The van der Waals surface area contributed by atoms with Crippen LogP contribution in [0.2, 0.25) is 0 Å². The van der Waals surface area contributed by atoms with Gasteiger partial charge in [-0.25, -0.2) is 0 Å². The minimum Gasteiger partial charge on any atom is -0.385 e. The molecule has 0 fully saturated rings. The Kier molecular flexibility index (Phi) is 7.87. The van der Waals surface area contributed by atoms with Crippen LogP contribution in [0.1, 0.15) is 18.0 Å². The zero-order valence-electron chi connectivity index (χ0n) is 12.3. The van der Waals surface area contributed by atoms with E-state index in [4.69, 9.17) is 10.5 Å². The Morgan fingerprint density at radius 3 is 2.70 bits per heavy atom. The molecule has 1 unspecified atom stereocenters. The molecule has 0 radical (unpaired) electrons. The van der Waals surface area contributed by atoms with Crippen LogP contribution in [0.3, 0.4) is 0 Å². The maximum Gasteiger partial charge on any atom is 0.241 e. The van der Waals surface area contributed by atoms with E-state index in [9.17, 15) is 4.79 Å². The number of nitrogens with one attached hydrogen (secondary N) is 1. The molecule has 0 aromatic heterocycles. The molecule has 0 aliphatic carbocycles. The lowest BCUT2D eigenvalue weighted by Gasteiger charge is -2.18. The van der Waals surface area contributed by atoms with Gasteiger partial charge in [0, 0.05) is 33.4 Å². The third kappa shape index (κ3) is 6.14. The Morgan fingerprint density at radius 2 is 2.05 bits per heavy atom. The summed E-state index contributed by atoms with van der Waals surface area (Å²) in [4.78, 5) is 14.1. The molecule has 1 amide bonds. The van der Waals surface area contributed by atoms with Gasteiger partial charge in [-0.1, -0.05) is 30.3 Å². The smallest absolute Gasteiger partial charge is 0.241 e. The van der Waals surface area contributed by atoms with Gasteiger partial charge in [-0.2, -0.15) is 0 Å². The van der Waals surface area contributed by atoms with Gasteiger partial charge in [0.25, 0.3) is 0 Å². The average molecular weight is 279 g/mol. The number of rotatable bonds is 9. The molecule has 0 bridgehead atoms. The molecule has 5 heteroatoms. The Labute approximate surface area is 121 Å². The fourth-order valence-corrected chi connectivity index (χ4v) is 1.88. The van der Waals surface area contributed by atoms with Gasteiger partial charge < -0.3 is 20.7 Å². The van der Waals surface area contributed by atoms with Crippen LogP contribution in [0.25, 0.3) is 0 Å². The SMILES string of the molecule is COCCCN(C)CCNC(=O)C(N)c1ccccc1. The molecule has 0 saturated heterocycles. The summed E-state index contributed by atoms with van der Waals surface area (Å²) in [6.45, 7) is 3.11. The highest BCUT2D eigenvalue weighted by molar-refractivity contribution is 5.82. The molecule has 0 heterocycles. The van der Waals surface area contributed by atoms with Crippen LogP contribution < -0.4 is 11.1 Å². The topological polar surface area (TPSA) is 67.6 Å². The molecule has 0 spiro atoms. The standard InChI is InChI=1S/C15H25N3O2/c1-18(10-6-12-20-2)11-9-17-15(19)14(16)13-7-4-3-5-8-13/h3-5,7-8,14H,6,9-12,16H2,1-2H3,(H,17,19). The van der Waals surface area contributed by atoms with Crippen molar-refractivity contribution in [3.8, 4) is 0 Å². The molecule has 1 aromatic rings. The van der Waals surface area contributed by atoms with Crippen molar-refractivity contribution in [1.29, 1.82) is 0 Å². The summed E-state index contributed by atoms with van der Waals surface area (Å²) in [5.74, 6) is -0.138. The number of carbonyl (C=O) groups is 1. The van der Waals surface area contributed by atoms with Crippen molar-refractivity contribution < 1.29 is 9.53 Å². The Hall–Kier alpha value is -1.43. The first kappa shape index (κ1) is 16.6. The summed E-state index contributed by atoms with van der Waals surface area (Å²) in [6, 6.07) is 8.79. The molecule has 20 heavy (non-hydrogen) atoms. The second kappa shape index (κ2) is 9.47. The first-order valence-corrected chi connectivity index (χ1v) is 6.91. The van der Waals surface area contributed by atoms with E-state index in [1.54, 1.807) is 7.11 Å². The monoisotopic (exact) mass is 279 g/mol.